The van der Waals surface area contributed by atoms with Crippen molar-refractivity contribution in [2.45, 2.75) is 38.8 Å². The molecule has 2 bridgehead atoms. The van der Waals surface area contributed by atoms with Gasteiger partial charge in [0, 0.05) is 48.1 Å². The number of nitrogens with zero attached hydrogens (tertiary/aromatic N) is 4. The Labute approximate surface area is 238 Å². The van der Waals surface area contributed by atoms with Crippen LogP contribution in [-0.4, -0.2) is 72.4 Å². The quantitative estimate of drug-likeness (QED) is 0.292. The summed E-state index contributed by atoms with van der Waals surface area (Å²) in [5, 5.41) is 16.5. The first-order chi connectivity index (χ1) is 19.1. The molecule has 2 atom stereocenters. The van der Waals surface area contributed by atoms with Gasteiger partial charge in [-0.05, 0) is 61.5 Å². The number of anilines is 1. The first kappa shape index (κ1) is 27.0. The molecule has 6 rings (SSSR count). The molecule has 0 amide bonds. The molecule has 9 heteroatoms. The van der Waals surface area contributed by atoms with Crippen LogP contribution in [0.2, 0.25) is 5.02 Å². The standard InChI is InChI=1S/C31H35ClFN5O2/c1-31(2,16-37(3)4)17-40-30-35-28-24(29(36-30)38-14-19-9-10-20(15-38)34-19)13-25(32)26(27(28)33)23-12-21(39)11-18-7-5-6-8-22(18)23/h5-8,11-13,19-20,34,39H,9-10,14-17H2,1-4H3. The van der Waals surface area contributed by atoms with E-state index < -0.39 is 5.82 Å². The molecule has 0 saturated carbocycles. The van der Waals surface area contributed by atoms with Crippen LogP contribution in [0.1, 0.15) is 26.7 Å². The molecule has 210 valence electrons. The maximum Gasteiger partial charge on any atom is 0.319 e. The number of nitrogens with one attached hydrogen (secondary N) is 1. The lowest BCUT2D eigenvalue weighted by atomic mass is 9.94. The molecule has 40 heavy (non-hydrogen) atoms. The maximum absolute atomic E-state index is 16.7. The lowest BCUT2D eigenvalue weighted by Crippen LogP contribution is -2.51. The average molecular weight is 564 g/mol. The number of rotatable bonds is 7. The fourth-order valence-corrected chi connectivity index (χ4v) is 6.64. The van der Waals surface area contributed by atoms with Gasteiger partial charge in [-0.3, -0.25) is 0 Å². The normalized spacial score (nSPS) is 19.2. The van der Waals surface area contributed by atoms with Crippen molar-refractivity contribution >= 4 is 39.1 Å². The zero-order valence-corrected chi connectivity index (χ0v) is 24.1. The second-order valence-electron chi connectivity index (χ2n) is 12.2. The summed E-state index contributed by atoms with van der Waals surface area (Å²) in [6.45, 7) is 6.97. The number of halogens is 2. The van der Waals surface area contributed by atoms with Gasteiger partial charge in [0.05, 0.1) is 11.6 Å². The topological polar surface area (TPSA) is 73.8 Å². The third-order valence-corrected chi connectivity index (χ3v) is 8.11. The number of hydrogen-bond acceptors (Lipinski definition) is 7. The van der Waals surface area contributed by atoms with Gasteiger partial charge in [-0.2, -0.15) is 9.97 Å². The second-order valence-corrected chi connectivity index (χ2v) is 12.6. The Bertz CT molecular complexity index is 1580. The van der Waals surface area contributed by atoms with Crippen LogP contribution in [0.4, 0.5) is 10.2 Å². The number of benzene rings is 3. The predicted molar refractivity (Wildman–Crippen MR) is 159 cm³/mol. The summed E-state index contributed by atoms with van der Waals surface area (Å²) in [7, 11) is 4.05. The van der Waals surface area contributed by atoms with Crippen molar-refractivity contribution in [3.05, 3.63) is 53.3 Å². The Morgan fingerprint density at radius 2 is 1.82 bits per heavy atom. The van der Waals surface area contributed by atoms with Crippen molar-refractivity contribution in [3.8, 4) is 22.9 Å². The summed E-state index contributed by atoms with van der Waals surface area (Å²) in [6.07, 6.45) is 2.21. The van der Waals surface area contributed by atoms with Crippen molar-refractivity contribution in [3.63, 3.8) is 0 Å². The van der Waals surface area contributed by atoms with Crippen LogP contribution in [0.25, 0.3) is 32.8 Å². The predicted octanol–water partition coefficient (Wildman–Crippen LogP) is 5.86. The second kappa shape index (κ2) is 10.3. The van der Waals surface area contributed by atoms with Crippen LogP contribution in [0, 0.1) is 11.2 Å². The van der Waals surface area contributed by atoms with Gasteiger partial charge in [0.1, 0.15) is 17.1 Å². The van der Waals surface area contributed by atoms with E-state index in [4.69, 9.17) is 21.3 Å². The molecule has 0 radical (unpaired) electrons. The molecule has 0 aliphatic carbocycles. The van der Waals surface area contributed by atoms with Gasteiger partial charge in [-0.25, -0.2) is 4.39 Å². The Morgan fingerprint density at radius 1 is 1.10 bits per heavy atom. The molecular formula is C31H35ClFN5O2. The molecule has 4 aromatic rings. The minimum absolute atomic E-state index is 0.0380. The molecule has 3 aromatic carbocycles. The van der Waals surface area contributed by atoms with Crippen molar-refractivity contribution < 1.29 is 14.2 Å². The number of hydrogen-bond donors (Lipinski definition) is 2. The lowest BCUT2D eigenvalue weighted by Gasteiger charge is -2.34. The average Bonchev–Trinajstić information content (AvgIpc) is 3.23. The highest BCUT2D eigenvalue weighted by Gasteiger charge is 2.34. The Hall–Kier alpha value is -3.20. The van der Waals surface area contributed by atoms with Crippen molar-refractivity contribution in [2.75, 3.05) is 45.2 Å². The van der Waals surface area contributed by atoms with Gasteiger partial charge in [0.15, 0.2) is 5.82 Å². The van der Waals surface area contributed by atoms with E-state index in [0.717, 1.165) is 43.2 Å². The molecular weight excluding hydrogens is 529 g/mol. The number of phenolic OH excluding ortho intramolecular Hbond substituents is 1. The van der Waals surface area contributed by atoms with E-state index >= 15 is 4.39 Å². The summed E-state index contributed by atoms with van der Waals surface area (Å²) in [4.78, 5) is 13.8. The molecule has 0 spiro atoms. The molecule has 1 aromatic heterocycles. The first-order valence-electron chi connectivity index (χ1n) is 13.8. The van der Waals surface area contributed by atoms with E-state index in [1.165, 1.54) is 0 Å². The van der Waals surface area contributed by atoms with Crippen molar-refractivity contribution in [1.82, 2.24) is 20.2 Å². The van der Waals surface area contributed by atoms with Crippen LogP contribution in [0.5, 0.6) is 11.8 Å². The van der Waals surface area contributed by atoms with Gasteiger partial charge >= 0.3 is 6.01 Å². The lowest BCUT2D eigenvalue weighted by molar-refractivity contribution is 0.133. The van der Waals surface area contributed by atoms with Crippen LogP contribution >= 0.6 is 11.6 Å². The molecule has 7 nitrogen and oxygen atoms in total. The van der Waals surface area contributed by atoms with E-state index in [2.05, 4.69) is 33.9 Å². The molecule has 2 aliphatic heterocycles. The first-order valence-corrected chi connectivity index (χ1v) is 14.2. The highest BCUT2D eigenvalue weighted by molar-refractivity contribution is 6.35. The van der Waals surface area contributed by atoms with Gasteiger partial charge < -0.3 is 25.0 Å². The molecule has 2 saturated heterocycles. The highest BCUT2D eigenvalue weighted by atomic mass is 35.5. The highest BCUT2D eigenvalue weighted by Crippen LogP contribution is 2.43. The molecule has 3 heterocycles. The zero-order chi connectivity index (χ0) is 28.2. The smallest absolute Gasteiger partial charge is 0.319 e. The van der Waals surface area contributed by atoms with E-state index in [9.17, 15) is 5.11 Å². The Balaban J connectivity index is 1.51. The van der Waals surface area contributed by atoms with Crippen molar-refractivity contribution in [1.29, 1.82) is 0 Å². The summed E-state index contributed by atoms with van der Waals surface area (Å²) in [5.74, 6) is 0.116. The van der Waals surface area contributed by atoms with Crippen molar-refractivity contribution in [2.24, 2.45) is 5.41 Å². The number of ether oxygens (including phenoxy) is 1. The van der Waals surface area contributed by atoms with E-state index in [1.807, 2.05) is 38.4 Å². The minimum Gasteiger partial charge on any atom is -0.508 e. The number of fused-ring (bicyclic) bond motifs is 4. The van der Waals surface area contributed by atoms with Gasteiger partial charge in [0.2, 0.25) is 0 Å². The Kier molecular flexibility index (Phi) is 6.97. The largest absolute Gasteiger partial charge is 0.508 e. The zero-order valence-electron chi connectivity index (χ0n) is 23.3. The maximum atomic E-state index is 16.7. The third-order valence-electron chi connectivity index (χ3n) is 7.81. The molecule has 2 unspecified atom stereocenters. The van der Waals surface area contributed by atoms with E-state index in [0.29, 0.717) is 35.5 Å². The molecule has 2 aliphatic rings. The van der Waals surface area contributed by atoms with Crippen LogP contribution in [0.15, 0.2) is 42.5 Å². The summed E-state index contributed by atoms with van der Waals surface area (Å²) in [6, 6.07) is 13.4. The monoisotopic (exact) mass is 563 g/mol. The van der Waals surface area contributed by atoms with E-state index in [1.54, 1.807) is 18.2 Å². The molecule has 2 fully saturated rings. The summed E-state index contributed by atoms with van der Waals surface area (Å²) < 4.78 is 22.8. The number of aromatic hydroxyl groups is 1. The minimum atomic E-state index is -0.558. The third kappa shape index (κ3) is 5.16. The Morgan fingerprint density at radius 3 is 2.55 bits per heavy atom. The van der Waals surface area contributed by atoms with Gasteiger partial charge in [-0.1, -0.05) is 49.7 Å². The molecule has 2 N–H and O–H groups in total. The van der Waals surface area contributed by atoms with Crippen LogP contribution < -0.4 is 15.0 Å². The van der Waals surface area contributed by atoms with Gasteiger partial charge in [0.25, 0.3) is 0 Å². The van der Waals surface area contributed by atoms with Crippen LogP contribution in [-0.2, 0) is 0 Å². The SMILES string of the molecule is CN(C)CC(C)(C)COc1nc(N2CC3CCC(C2)N3)c2cc(Cl)c(-c3cc(O)cc4ccccc34)c(F)c2n1. The van der Waals surface area contributed by atoms with Crippen LogP contribution in [0.3, 0.4) is 0 Å². The number of aromatic nitrogens is 2. The number of piperazine rings is 1. The summed E-state index contributed by atoms with van der Waals surface area (Å²) >= 11 is 6.84. The van der Waals surface area contributed by atoms with Gasteiger partial charge in [-0.15, -0.1) is 0 Å². The number of phenols is 1. The fourth-order valence-electron chi connectivity index (χ4n) is 6.35. The summed E-state index contributed by atoms with van der Waals surface area (Å²) in [5.41, 5.74) is 0.698. The van der Waals surface area contributed by atoms with E-state index in [-0.39, 0.29) is 33.3 Å². The fraction of sp³-hybridized carbons (Fsp3) is 0.419.